The zero-order valence-corrected chi connectivity index (χ0v) is 12.5. The molecule has 0 aromatic carbocycles. The quantitative estimate of drug-likeness (QED) is 0.775. The highest BCUT2D eigenvalue weighted by Crippen LogP contribution is 2.23. The van der Waals surface area contributed by atoms with Crippen LogP contribution in [0.3, 0.4) is 0 Å². The average molecular weight is 280 g/mol. The van der Waals surface area contributed by atoms with Gasteiger partial charge in [-0.15, -0.1) is 0 Å². The lowest BCUT2D eigenvalue weighted by Gasteiger charge is -2.20. The number of aromatic amines is 1. The number of carbonyl (C=O) groups is 1. The molecule has 1 unspecified atom stereocenters. The van der Waals surface area contributed by atoms with Crippen molar-refractivity contribution in [3.63, 3.8) is 0 Å². The summed E-state index contributed by atoms with van der Waals surface area (Å²) in [4.78, 5) is 11.5. The molecule has 4 N–H and O–H groups in total. The summed E-state index contributed by atoms with van der Waals surface area (Å²) < 4.78 is 5.17. The Morgan fingerprint density at radius 2 is 2.25 bits per heavy atom. The number of carbonyl (C=O) groups excluding carboxylic acids is 1. The van der Waals surface area contributed by atoms with Gasteiger partial charge in [0, 0.05) is 24.7 Å². The molecule has 1 aromatic rings. The molecule has 6 heteroatoms. The smallest absolute Gasteiger partial charge is 0.407 e. The Balaban J connectivity index is 1.78. The van der Waals surface area contributed by atoms with E-state index in [1.165, 1.54) is 17.7 Å². The van der Waals surface area contributed by atoms with E-state index in [1.54, 1.807) is 0 Å². The predicted octanol–water partition coefficient (Wildman–Crippen LogP) is 1.29. The second-order valence-electron chi connectivity index (χ2n) is 6.33. The molecule has 6 nitrogen and oxygen atoms in total. The highest BCUT2D eigenvalue weighted by Gasteiger charge is 2.21. The third kappa shape index (κ3) is 3.96. The maximum atomic E-state index is 11.5. The SMILES string of the molecule is CC(C)(C)OC(=O)NCC(N)Cc1n[nH]c2c1CCC2. The van der Waals surface area contributed by atoms with Crippen molar-refractivity contribution in [1.82, 2.24) is 15.5 Å². The second-order valence-corrected chi connectivity index (χ2v) is 6.33. The van der Waals surface area contributed by atoms with Crippen LogP contribution in [-0.4, -0.2) is 34.5 Å². The Labute approximate surface area is 119 Å². The number of aromatic nitrogens is 2. The summed E-state index contributed by atoms with van der Waals surface area (Å²) in [5.41, 5.74) is 9.16. The fraction of sp³-hybridized carbons (Fsp3) is 0.714. The molecule has 0 radical (unpaired) electrons. The monoisotopic (exact) mass is 280 g/mol. The van der Waals surface area contributed by atoms with Crippen molar-refractivity contribution in [2.45, 2.75) is 58.1 Å². The molecule has 2 rings (SSSR count). The first-order valence-corrected chi connectivity index (χ1v) is 7.12. The van der Waals surface area contributed by atoms with Crippen LogP contribution in [0.4, 0.5) is 4.79 Å². The van der Waals surface area contributed by atoms with E-state index in [0.717, 1.165) is 18.5 Å². The van der Waals surface area contributed by atoms with Gasteiger partial charge in [0.05, 0.1) is 5.69 Å². The summed E-state index contributed by atoms with van der Waals surface area (Å²) in [5, 5.41) is 10.1. The van der Waals surface area contributed by atoms with Crippen molar-refractivity contribution in [1.29, 1.82) is 0 Å². The van der Waals surface area contributed by atoms with Crippen molar-refractivity contribution in [2.24, 2.45) is 5.73 Å². The number of alkyl carbamates (subject to hydrolysis) is 1. The molecule has 1 atom stereocenters. The molecule has 20 heavy (non-hydrogen) atoms. The van der Waals surface area contributed by atoms with Crippen molar-refractivity contribution in [3.05, 3.63) is 17.0 Å². The second kappa shape index (κ2) is 5.83. The average Bonchev–Trinajstić information content (AvgIpc) is 2.89. The molecule has 1 aliphatic rings. The van der Waals surface area contributed by atoms with Crippen LogP contribution in [0.15, 0.2) is 0 Å². The van der Waals surface area contributed by atoms with Crippen LogP contribution in [0.1, 0.15) is 44.1 Å². The fourth-order valence-corrected chi connectivity index (χ4v) is 2.41. The Morgan fingerprint density at radius 1 is 1.50 bits per heavy atom. The Kier molecular flexibility index (Phi) is 4.32. The zero-order valence-electron chi connectivity index (χ0n) is 12.5. The van der Waals surface area contributed by atoms with Crippen LogP contribution < -0.4 is 11.1 Å². The Morgan fingerprint density at radius 3 is 2.95 bits per heavy atom. The summed E-state index contributed by atoms with van der Waals surface area (Å²) in [6, 6.07) is -0.157. The number of rotatable bonds is 4. The van der Waals surface area contributed by atoms with Gasteiger partial charge >= 0.3 is 6.09 Å². The molecule has 0 saturated heterocycles. The summed E-state index contributed by atoms with van der Waals surface area (Å²) in [6.07, 6.45) is 3.57. The molecule has 1 amide bonds. The minimum atomic E-state index is -0.489. The summed E-state index contributed by atoms with van der Waals surface area (Å²) >= 11 is 0. The van der Waals surface area contributed by atoms with Crippen molar-refractivity contribution >= 4 is 6.09 Å². The third-order valence-electron chi connectivity index (χ3n) is 3.26. The van der Waals surface area contributed by atoms with Crippen LogP contribution in [0.5, 0.6) is 0 Å². The third-order valence-corrected chi connectivity index (χ3v) is 3.26. The molecule has 0 bridgehead atoms. The Hall–Kier alpha value is -1.56. The number of hydrogen-bond acceptors (Lipinski definition) is 4. The van der Waals surface area contributed by atoms with E-state index < -0.39 is 11.7 Å². The van der Waals surface area contributed by atoms with Gasteiger partial charge in [0.2, 0.25) is 0 Å². The number of fused-ring (bicyclic) bond motifs is 1. The van der Waals surface area contributed by atoms with Gasteiger partial charge in [-0.25, -0.2) is 4.79 Å². The van der Waals surface area contributed by atoms with Gasteiger partial charge in [0.25, 0.3) is 0 Å². The molecule has 1 aromatic heterocycles. The number of hydrogen-bond donors (Lipinski definition) is 3. The van der Waals surface area contributed by atoms with Crippen LogP contribution in [-0.2, 0) is 24.0 Å². The minimum absolute atomic E-state index is 0.157. The maximum Gasteiger partial charge on any atom is 0.407 e. The van der Waals surface area contributed by atoms with Crippen molar-refractivity contribution < 1.29 is 9.53 Å². The standard InChI is InChI=1S/C14H24N4O2/c1-14(2,3)20-13(19)16-8-9(15)7-12-10-5-4-6-11(10)17-18-12/h9H,4-8,15H2,1-3H3,(H,16,19)(H,17,18). The summed E-state index contributed by atoms with van der Waals surface area (Å²) in [5.74, 6) is 0. The van der Waals surface area contributed by atoms with Gasteiger partial charge in [0.15, 0.2) is 0 Å². The van der Waals surface area contributed by atoms with Gasteiger partial charge in [0.1, 0.15) is 5.60 Å². The van der Waals surface area contributed by atoms with Crippen LogP contribution in [0.2, 0.25) is 0 Å². The van der Waals surface area contributed by atoms with Gasteiger partial charge < -0.3 is 15.8 Å². The molecule has 0 saturated carbocycles. The lowest BCUT2D eigenvalue weighted by Crippen LogP contribution is -2.41. The number of amides is 1. The Bertz CT molecular complexity index is 476. The van der Waals surface area contributed by atoms with E-state index >= 15 is 0 Å². The van der Waals surface area contributed by atoms with Gasteiger partial charge in [-0.2, -0.15) is 5.10 Å². The first kappa shape index (κ1) is 14.8. The molecular weight excluding hydrogens is 256 g/mol. The minimum Gasteiger partial charge on any atom is -0.444 e. The lowest BCUT2D eigenvalue weighted by molar-refractivity contribution is 0.0524. The van der Waals surface area contributed by atoms with Crippen molar-refractivity contribution in [2.75, 3.05) is 6.54 Å². The molecule has 112 valence electrons. The number of ether oxygens (including phenoxy) is 1. The van der Waals surface area contributed by atoms with E-state index in [4.69, 9.17) is 10.5 Å². The topological polar surface area (TPSA) is 93.0 Å². The first-order valence-electron chi connectivity index (χ1n) is 7.12. The first-order chi connectivity index (χ1) is 9.35. The molecule has 1 aliphatic carbocycles. The van der Waals surface area contributed by atoms with Crippen molar-refractivity contribution in [3.8, 4) is 0 Å². The van der Waals surface area contributed by atoms with Crippen LogP contribution in [0.25, 0.3) is 0 Å². The van der Waals surface area contributed by atoms with E-state index in [0.29, 0.717) is 13.0 Å². The molecular formula is C14H24N4O2. The maximum absolute atomic E-state index is 11.5. The fourth-order valence-electron chi connectivity index (χ4n) is 2.41. The van der Waals surface area contributed by atoms with E-state index in [-0.39, 0.29) is 6.04 Å². The molecule has 0 fully saturated rings. The number of aryl methyl sites for hydroxylation is 1. The van der Waals surface area contributed by atoms with Crippen LogP contribution >= 0.6 is 0 Å². The molecule has 0 aliphatic heterocycles. The van der Waals surface area contributed by atoms with Gasteiger partial charge in [-0.3, -0.25) is 5.10 Å². The number of H-pyrrole nitrogens is 1. The predicted molar refractivity (Wildman–Crippen MR) is 76.5 cm³/mol. The molecule has 0 spiro atoms. The lowest BCUT2D eigenvalue weighted by atomic mass is 10.1. The molecule has 1 heterocycles. The zero-order chi connectivity index (χ0) is 14.8. The van der Waals surface area contributed by atoms with E-state index in [9.17, 15) is 4.79 Å². The number of nitrogens with zero attached hydrogens (tertiary/aromatic N) is 1. The van der Waals surface area contributed by atoms with E-state index in [1.807, 2.05) is 20.8 Å². The van der Waals surface area contributed by atoms with E-state index in [2.05, 4.69) is 15.5 Å². The van der Waals surface area contributed by atoms with Crippen LogP contribution in [0, 0.1) is 0 Å². The van der Waals surface area contributed by atoms with Gasteiger partial charge in [-0.1, -0.05) is 0 Å². The normalized spacial score (nSPS) is 15.8. The highest BCUT2D eigenvalue weighted by atomic mass is 16.6. The summed E-state index contributed by atoms with van der Waals surface area (Å²) in [6.45, 7) is 5.88. The van der Waals surface area contributed by atoms with Gasteiger partial charge in [-0.05, 0) is 45.6 Å². The largest absolute Gasteiger partial charge is 0.444 e. The number of nitrogens with one attached hydrogen (secondary N) is 2. The summed E-state index contributed by atoms with van der Waals surface area (Å²) in [7, 11) is 0. The highest BCUT2D eigenvalue weighted by molar-refractivity contribution is 5.67. The number of nitrogens with two attached hydrogens (primary N) is 1.